The van der Waals surface area contributed by atoms with E-state index in [2.05, 4.69) is 40.5 Å². The first kappa shape index (κ1) is 17.1. The molecule has 0 saturated heterocycles. The summed E-state index contributed by atoms with van der Waals surface area (Å²) in [5.41, 5.74) is 4.02. The van der Waals surface area contributed by atoms with Crippen molar-refractivity contribution in [2.45, 2.75) is 25.8 Å². The molecule has 0 aromatic heterocycles. The SMILES string of the molecule is O=C(NCCN1CCc2ccccc2C1)C1CCOc2ccccc2C1. The highest BCUT2D eigenvalue weighted by atomic mass is 16.5. The van der Waals surface area contributed by atoms with Crippen LogP contribution in [0.3, 0.4) is 0 Å². The lowest BCUT2D eigenvalue weighted by molar-refractivity contribution is -0.125. The summed E-state index contributed by atoms with van der Waals surface area (Å²) < 4.78 is 5.77. The molecule has 0 saturated carbocycles. The number of nitrogens with zero attached hydrogens (tertiary/aromatic N) is 1. The first-order chi connectivity index (χ1) is 12.8. The molecule has 2 aliphatic heterocycles. The average molecular weight is 350 g/mol. The maximum Gasteiger partial charge on any atom is 0.223 e. The fourth-order valence-corrected chi connectivity index (χ4v) is 3.94. The van der Waals surface area contributed by atoms with Crippen LogP contribution >= 0.6 is 0 Å². The van der Waals surface area contributed by atoms with Gasteiger partial charge < -0.3 is 10.1 Å². The number of ether oxygens (including phenoxy) is 1. The number of benzene rings is 2. The Kier molecular flexibility index (Phi) is 5.21. The van der Waals surface area contributed by atoms with Gasteiger partial charge in [0.2, 0.25) is 5.91 Å². The van der Waals surface area contributed by atoms with Crippen LogP contribution in [-0.2, 0) is 24.2 Å². The van der Waals surface area contributed by atoms with E-state index in [1.54, 1.807) is 0 Å². The fraction of sp³-hybridized carbons (Fsp3) is 0.409. The molecule has 4 heteroatoms. The van der Waals surface area contributed by atoms with E-state index >= 15 is 0 Å². The predicted molar refractivity (Wildman–Crippen MR) is 102 cm³/mol. The monoisotopic (exact) mass is 350 g/mol. The third kappa shape index (κ3) is 3.91. The van der Waals surface area contributed by atoms with Gasteiger partial charge in [-0.1, -0.05) is 42.5 Å². The Hall–Kier alpha value is -2.33. The van der Waals surface area contributed by atoms with Crippen LogP contribution in [0.15, 0.2) is 48.5 Å². The van der Waals surface area contributed by atoms with E-state index in [1.165, 1.54) is 11.1 Å². The molecule has 2 heterocycles. The lowest BCUT2D eigenvalue weighted by Gasteiger charge is -2.28. The van der Waals surface area contributed by atoms with Crippen molar-refractivity contribution >= 4 is 5.91 Å². The van der Waals surface area contributed by atoms with Gasteiger partial charge in [-0.3, -0.25) is 9.69 Å². The molecule has 136 valence electrons. The van der Waals surface area contributed by atoms with E-state index < -0.39 is 0 Å². The fourth-order valence-electron chi connectivity index (χ4n) is 3.94. The van der Waals surface area contributed by atoms with Crippen molar-refractivity contribution in [2.24, 2.45) is 5.92 Å². The molecule has 2 aromatic rings. The van der Waals surface area contributed by atoms with Gasteiger partial charge in [0.1, 0.15) is 5.75 Å². The molecular formula is C22H26N2O2. The number of rotatable bonds is 4. The van der Waals surface area contributed by atoms with Crippen molar-refractivity contribution in [1.29, 1.82) is 0 Å². The predicted octanol–water partition coefficient (Wildman–Crippen LogP) is 2.80. The van der Waals surface area contributed by atoms with Crippen LogP contribution in [0.2, 0.25) is 0 Å². The maximum absolute atomic E-state index is 12.6. The average Bonchev–Trinajstić information content (AvgIpc) is 2.90. The normalized spacial score (nSPS) is 19.6. The Morgan fingerprint density at radius 1 is 1.08 bits per heavy atom. The summed E-state index contributed by atoms with van der Waals surface area (Å²) in [5.74, 6) is 1.08. The Labute approximate surface area is 155 Å². The van der Waals surface area contributed by atoms with Gasteiger partial charge in [0.25, 0.3) is 0 Å². The third-order valence-electron chi connectivity index (χ3n) is 5.47. The first-order valence-corrected chi connectivity index (χ1v) is 9.57. The second kappa shape index (κ2) is 7.92. The molecule has 0 fully saturated rings. The van der Waals surface area contributed by atoms with E-state index in [0.717, 1.165) is 50.2 Å². The summed E-state index contributed by atoms with van der Waals surface area (Å²) in [6.07, 6.45) is 2.64. The quantitative estimate of drug-likeness (QED) is 0.922. The number of fused-ring (bicyclic) bond motifs is 2. The van der Waals surface area contributed by atoms with Gasteiger partial charge in [0, 0.05) is 32.1 Å². The number of hydrogen-bond acceptors (Lipinski definition) is 3. The molecule has 0 spiro atoms. The topological polar surface area (TPSA) is 41.6 Å². The highest BCUT2D eigenvalue weighted by Crippen LogP contribution is 2.26. The van der Waals surface area contributed by atoms with Crippen molar-refractivity contribution in [3.8, 4) is 5.75 Å². The minimum atomic E-state index is 0.000678. The van der Waals surface area contributed by atoms with Crippen molar-refractivity contribution in [3.05, 3.63) is 65.2 Å². The lowest BCUT2D eigenvalue weighted by Crippen LogP contribution is -2.40. The molecule has 0 radical (unpaired) electrons. The summed E-state index contributed by atoms with van der Waals surface area (Å²) in [7, 11) is 0. The molecule has 2 aromatic carbocycles. The van der Waals surface area contributed by atoms with E-state index in [1.807, 2.05) is 18.2 Å². The van der Waals surface area contributed by atoms with E-state index in [9.17, 15) is 4.79 Å². The molecule has 0 bridgehead atoms. The Bertz CT molecular complexity index is 774. The highest BCUT2D eigenvalue weighted by molar-refractivity contribution is 5.79. The van der Waals surface area contributed by atoms with Crippen LogP contribution in [0.5, 0.6) is 5.75 Å². The molecule has 2 aliphatic rings. The Balaban J connectivity index is 1.27. The summed E-state index contributed by atoms with van der Waals surface area (Å²) in [5, 5.41) is 3.15. The van der Waals surface area contributed by atoms with Crippen LogP contribution in [0.4, 0.5) is 0 Å². The van der Waals surface area contributed by atoms with Gasteiger partial charge in [-0.05, 0) is 42.0 Å². The number of para-hydroxylation sites is 1. The number of carbonyl (C=O) groups excluding carboxylic acids is 1. The zero-order valence-corrected chi connectivity index (χ0v) is 15.1. The maximum atomic E-state index is 12.6. The summed E-state index contributed by atoms with van der Waals surface area (Å²) in [4.78, 5) is 15.0. The number of amides is 1. The Morgan fingerprint density at radius 3 is 2.73 bits per heavy atom. The zero-order valence-electron chi connectivity index (χ0n) is 15.1. The first-order valence-electron chi connectivity index (χ1n) is 9.57. The van der Waals surface area contributed by atoms with Gasteiger partial charge in [0.05, 0.1) is 6.61 Å². The van der Waals surface area contributed by atoms with Crippen LogP contribution in [-0.4, -0.2) is 37.0 Å². The van der Waals surface area contributed by atoms with Gasteiger partial charge in [-0.2, -0.15) is 0 Å². The molecule has 26 heavy (non-hydrogen) atoms. The lowest BCUT2D eigenvalue weighted by atomic mass is 9.96. The molecule has 4 nitrogen and oxygen atoms in total. The zero-order chi connectivity index (χ0) is 17.8. The number of nitrogens with one attached hydrogen (secondary N) is 1. The largest absolute Gasteiger partial charge is 0.493 e. The summed E-state index contributed by atoms with van der Waals surface area (Å²) in [6.45, 7) is 4.27. The summed E-state index contributed by atoms with van der Waals surface area (Å²) in [6, 6.07) is 16.7. The standard InChI is InChI=1S/C22H26N2O2/c25-22(19-10-14-26-21-8-4-3-6-18(21)15-19)23-11-13-24-12-9-17-5-1-2-7-20(17)16-24/h1-8,19H,9-16H2,(H,23,25). The molecular weight excluding hydrogens is 324 g/mol. The van der Waals surface area contributed by atoms with Crippen LogP contribution in [0.1, 0.15) is 23.1 Å². The molecule has 4 rings (SSSR count). The van der Waals surface area contributed by atoms with E-state index in [4.69, 9.17) is 4.74 Å². The summed E-state index contributed by atoms with van der Waals surface area (Å²) >= 11 is 0. The van der Waals surface area contributed by atoms with Crippen molar-refractivity contribution < 1.29 is 9.53 Å². The highest BCUT2D eigenvalue weighted by Gasteiger charge is 2.23. The second-order valence-electron chi connectivity index (χ2n) is 7.23. The van der Waals surface area contributed by atoms with Crippen molar-refractivity contribution in [2.75, 3.05) is 26.2 Å². The minimum absolute atomic E-state index is 0.000678. The third-order valence-corrected chi connectivity index (χ3v) is 5.47. The second-order valence-corrected chi connectivity index (χ2v) is 7.23. The van der Waals surface area contributed by atoms with Crippen molar-refractivity contribution in [3.63, 3.8) is 0 Å². The molecule has 0 aliphatic carbocycles. The molecule has 1 amide bonds. The molecule has 1 N–H and O–H groups in total. The smallest absolute Gasteiger partial charge is 0.223 e. The van der Waals surface area contributed by atoms with Gasteiger partial charge >= 0.3 is 0 Å². The van der Waals surface area contributed by atoms with E-state index in [-0.39, 0.29) is 11.8 Å². The van der Waals surface area contributed by atoms with Gasteiger partial charge in [-0.25, -0.2) is 0 Å². The van der Waals surface area contributed by atoms with Crippen molar-refractivity contribution in [1.82, 2.24) is 10.2 Å². The molecule has 1 unspecified atom stereocenters. The van der Waals surface area contributed by atoms with Crippen LogP contribution < -0.4 is 10.1 Å². The van der Waals surface area contributed by atoms with Crippen LogP contribution in [0, 0.1) is 5.92 Å². The van der Waals surface area contributed by atoms with Crippen LogP contribution in [0.25, 0.3) is 0 Å². The number of hydrogen-bond donors (Lipinski definition) is 1. The van der Waals surface area contributed by atoms with E-state index in [0.29, 0.717) is 13.2 Å². The molecule has 1 atom stereocenters. The van der Waals surface area contributed by atoms with Gasteiger partial charge in [0.15, 0.2) is 0 Å². The van der Waals surface area contributed by atoms with Gasteiger partial charge in [-0.15, -0.1) is 0 Å². The minimum Gasteiger partial charge on any atom is -0.493 e. The Morgan fingerprint density at radius 2 is 1.85 bits per heavy atom. The number of carbonyl (C=O) groups is 1.